The van der Waals surface area contributed by atoms with Crippen LogP contribution in [0.15, 0.2) is 12.7 Å². The number of rotatable bonds is 2. The number of hydrogen-bond acceptors (Lipinski definition) is 3. The summed E-state index contributed by atoms with van der Waals surface area (Å²) < 4.78 is 0. The molecule has 0 N–H and O–H groups in total. The molecule has 2 saturated heterocycles. The molecule has 3 amide bonds. The van der Waals surface area contributed by atoms with E-state index in [0.717, 1.165) is 32.1 Å². The molecule has 0 unspecified atom stereocenters. The number of likely N-dealkylation sites (tertiary alicyclic amines) is 1. The highest BCUT2D eigenvalue weighted by Gasteiger charge is 2.49. The van der Waals surface area contributed by atoms with E-state index in [1.165, 1.54) is 13.0 Å². The first kappa shape index (κ1) is 16.0. The minimum Gasteiger partial charge on any atom is -0.337 e. The zero-order chi connectivity index (χ0) is 16.6. The SMILES string of the molecule is C=CC(=O)N1CCN(C(=O)[C@@H]2CCCN2C(C)=O)CC12CCC2. The van der Waals surface area contributed by atoms with Crippen LogP contribution in [0.25, 0.3) is 0 Å². The van der Waals surface area contributed by atoms with Gasteiger partial charge in [0, 0.05) is 33.1 Å². The van der Waals surface area contributed by atoms with Gasteiger partial charge < -0.3 is 14.7 Å². The lowest BCUT2D eigenvalue weighted by Crippen LogP contribution is -2.68. The fourth-order valence-electron chi connectivity index (χ4n) is 4.24. The van der Waals surface area contributed by atoms with Crippen LogP contribution in [0.4, 0.5) is 0 Å². The molecule has 1 spiro atoms. The van der Waals surface area contributed by atoms with Gasteiger partial charge in [0.25, 0.3) is 0 Å². The van der Waals surface area contributed by atoms with Gasteiger partial charge in [-0.2, -0.15) is 0 Å². The molecular formula is C17H25N3O3. The van der Waals surface area contributed by atoms with Gasteiger partial charge in [0.05, 0.1) is 5.54 Å². The molecule has 6 heteroatoms. The van der Waals surface area contributed by atoms with E-state index in [1.54, 1.807) is 4.90 Å². The van der Waals surface area contributed by atoms with Crippen LogP contribution in [0.3, 0.4) is 0 Å². The Labute approximate surface area is 137 Å². The van der Waals surface area contributed by atoms with Gasteiger partial charge in [-0.15, -0.1) is 0 Å². The molecule has 0 aromatic carbocycles. The van der Waals surface area contributed by atoms with Crippen molar-refractivity contribution in [3.63, 3.8) is 0 Å². The van der Waals surface area contributed by atoms with Crippen LogP contribution in [0.1, 0.15) is 39.0 Å². The van der Waals surface area contributed by atoms with Crippen molar-refractivity contribution in [2.45, 2.75) is 50.6 Å². The third kappa shape index (κ3) is 2.64. The van der Waals surface area contributed by atoms with E-state index in [9.17, 15) is 14.4 Å². The van der Waals surface area contributed by atoms with Crippen LogP contribution >= 0.6 is 0 Å². The molecular weight excluding hydrogens is 294 g/mol. The molecule has 1 aliphatic carbocycles. The number of carbonyl (C=O) groups is 3. The average Bonchev–Trinajstić information content (AvgIpc) is 3.01. The molecule has 2 heterocycles. The Morgan fingerprint density at radius 1 is 1.13 bits per heavy atom. The minimum atomic E-state index is -0.314. The third-order valence-electron chi connectivity index (χ3n) is 5.63. The largest absolute Gasteiger partial charge is 0.337 e. The quantitative estimate of drug-likeness (QED) is 0.707. The summed E-state index contributed by atoms with van der Waals surface area (Å²) in [5, 5.41) is 0. The van der Waals surface area contributed by atoms with Crippen molar-refractivity contribution >= 4 is 17.7 Å². The topological polar surface area (TPSA) is 60.9 Å². The predicted octanol–water partition coefficient (Wildman–Crippen LogP) is 0.777. The summed E-state index contributed by atoms with van der Waals surface area (Å²) >= 11 is 0. The zero-order valence-electron chi connectivity index (χ0n) is 13.8. The molecule has 1 saturated carbocycles. The molecule has 1 atom stereocenters. The maximum Gasteiger partial charge on any atom is 0.246 e. The van der Waals surface area contributed by atoms with Crippen LogP contribution in [0, 0.1) is 0 Å². The van der Waals surface area contributed by atoms with Gasteiger partial charge in [-0.3, -0.25) is 14.4 Å². The second-order valence-electron chi connectivity index (χ2n) is 6.90. The third-order valence-corrected chi connectivity index (χ3v) is 5.63. The first-order valence-corrected chi connectivity index (χ1v) is 8.48. The van der Waals surface area contributed by atoms with Crippen molar-refractivity contribution in [3.8, 4) is 0 Å². The summed E-state index contributed by atoms with van der Waals surface area (Å²) in [7, 11) is 0. The maximum atomic E-state index is 12.9. The first-order valence-electron chi connectivity index (χ1n) is 8.48. The number of amides is 3. The number of carbonyl (C=O) groups excluding carboxylic acids is 3. The molecule has 126 valence electrons. The molecule has 6 nitrogen and oxygen atoms in total. The second kappa shape index (κ2) is 5.98. The second-order valence-corrected chi connectivity index (χ2v) is 6.90. The minimum absolute atomic E-state index is 0.0281. The van der Waals surface area contributed by atoms with E-state index in [0.29, 0.717) is 26.2 Å². The van der Waals surface area contributed by atoms with Crippen LogP contribution in [0.5, 0.6) is 0 Å². The first-order chi connectivity index (χ1) is 11.0. The Morgan fingerprint density at radius 2 is 1.87 bits per heavy atom. The van der Waals surface area contributed by atoms with Crippen molar-refractivity contribution in [1.29, 1.82) is 0 Å². The van der Waals surface area contributed by atoms with E-state index in [1.807, 2.05) is 9.80 Å². The molecule has 3 aliphatic rings. The van der Waals surface area contributed by atoms with Gasteiger partial charge in [-0.25, -0.2) is 0 Å². The average molecular weight is 319 g/mol. The van der Waals surface area contributed by atoms with Gasteiger partial charge in [-0.1, -0.05) is 6.58 Å². The molecule has 3 fully saturated rings. The van der Waals surface area contributed by atoms with Crippen LogP contribution in [0.2, 0.25) is 0 Å². The van der Waals surface area contributed by atoms with Crippen LogP contribution in [-0.4, -0.2) is 70.2 Å². The molecule has 23 heavy (non-hydrogen) atoms. The van der Waals surface area contributed by atoms with Crippen molar-refractivity contribution in [3.05, 3.63) is 12.7 Å². The fraction of sp³-hybridized carbons (Fsp3) is 0.706. The van der Waals surface area contributed by atoms with E-state index < -0.39 is 0 Å². The van der Waals surface area contributed by atoms with Crippen molar-refractivity contribution < 1.29 is 14.4 Å². The summed E-state index contributed by atoms with van der Waals surface area (Å²) in [5.74, 6) is -0.0163. The predicted molar refractivity (Wildman–Crippen MR) is 85.5 cm³/mol. The summed E-state index contributed by atoms with van der Waals surface area (Å²) in [6.45, 7) is 7.48. The molecule has 0 aromatic heterocycles. The van der Waals surface area contributed by atoms with Gasteiger partial charge in [0.15, 0.2) is 0 Å². The Kier molecular flexibility index (Phi) is 4.17. The lowest BCUT2D eigenvalue weighted by Gasteiger charge is -2.56. The Hall–Kier alpha value is -1.85. The van der Waals surface area contributed by atoms with E-state index in [4.69, 9.17) is 0 Å². The maximum absolute atomic E-state index is 12.9. The monoisotopic (exact) mass is 319 g/mol. The van der Waals surface area contributed by atoms with E-state index in [2.05, 4.69) is 6.58 Å². The van der Waals surface area contributed by atoms with Crippen LogP contribution < -0.4 is 0 Å². The van der Waals surface area contributed by atoms with Crippen molar-refractivity contribution in [1.82, 2.24) is 14.7 Å². The number of piperazine rings is 1. The van der Waals surface area contributed by atoms with E-state index >= 15 is 0 Å². The molecule has 0 radical (unpaired) electrons. The lowest BCUT2D eigenvalue weighted by atomic mass is 9.73. The highest BCUT2D eigenvalue weighted by molar-refractivity contribution is 5.89. The standard InChI is InChI=1S/C17H25N3O3/c1-3-15(22)20-11-10-18(12-17(20)7-5-8-17)16(23)14-6-4-9-19(14)13(2)21/h3,14H,1,4-12H2,2H3/t14-/m0/s1. The van der Waals surface area contributed by atoms with Gasteiger partial charge >= 0.3 is 0 Å². The van der Waals surface area contributed by atoms with Gasteiger partial charge in [0.2, 0.25) is 17.7 Å². The highest BCUT2D eigenvalue weighted by atomic mass is 16.2. The molecule has 0 bridgehead atoms. The van der Waals surface area contributed by atoms with Crippen molar-refractivity contribution in [2.24, 2.45) is 0 Å². The van der Waals surface area contributed by atoms with E-state index in [-0.39, 0.29) is 29.3 Å². The number of hydrogen-bond donors (Lipinski definition) is 0. The fourth-order valence-corrected chi connectivity index (χ4v) is 4.24. The normalized spacial score (nSPS) is 26.1. The summed E-state index contributed by atoms with van der Waals surface area (Å²) in [6, 6.07) is -0.314. The summed E-state index contributed by atoms with van der Waals surface area (Å²) in [4.78, 5) is 42.2. The molecule has 3 rings (SSSR count). The number of nitrogens with zero attached hydrogens (tertiary/aromatic N) is 3. The smallest absolute Gasteiger partial charge is 0.246 e. The van der Waals surface area contributed by atoms with Crippen LogP contribution in [-0.2, 0) is 14.4 Å². The Bertz CT molecular complexity index is 541. The van der Waals surface area contributed by atoms with Gasteiger partial charge in [-0.05, 0) is 38.2 Å². The molecule has 2 aliphatic heterocycles. The zero-order valence-corrected chi connectivity index (χ0v) is 13.8. The Balaban J connectivity index is 1.73. The summed E-state index contributed by atoms with van der Waals surface area (Å²) in [5.41, 5.74) is -0.209. The van der Waals surface area contributed by atoms with Crippen molar-refractivity contribution in [2.75, 3.05) is 26.2 Å². The summed E-state index contributed by atoms with van der Waals surface area (Å²) in [6.07, 6.45) is 5.97. The van der Waals surface area contributed by atoms with Gasteiger partial charge in [0.1, 0.15) is 6.04 Å². The molecule has 0 aromatic rings. The Morgan fingerprint density at radius 3 is 2.43 bits per heavy atom. The highest BCUT2D eigenvalue weighted by Crippen LogP contribution is 2.41. The lowest BCUT2D eigenvalue weighted by molar-refractivity contribution is -0.155.